The zero-order valence-corrected chi connectivity index (χ0v) is 11.5. The van der Waals surface area contributed by atoms with Crippen molar-refractivity contribution in [1.29, 1.82) is 0 Å². The quantitative estimate of drug-likeness (QED) is 0.267. The van der Waals surface area contributed by atoms with E-state index in [1.165, 1.54) is 5.82 Å². The molecular weight excluding hydrogens is 258 g/mol. The molecule has 1 unspecified atom stereocenters. The van der Waals surface area contributed by atoms with Crippen molar-refractivity contribution in [2.24, 2.45) is 0 Å². The molecule has 0 aromatic rings. The highest BCUT2D eigenvalue weighted by Crippen LogP contribution is 2.36. The predicted octanol–water partition coefficient (Wildman–Crippen LogP) is 1.28. The van der Waals surface area contributed by atoms with Crippen molar-refractivity contribution in [3.05, 3.63) is 11.9 Å². The zero-order chi connectivity index (χ0) is 14.2. The van der Waals surface area contributed by atoms with Crippen LogP contribution in [0.25, 0.3) is 0 Å². The van der Waals surface area contributed by atoms with E-state index in [2.05, 4.69) is 0 Å². The van der Waals surface area contributed by atoms with Crippen LogP contribution in [0.4, 0.5) is 0 Å². The SMILES string of the molecule is OO.[B]C1O[C@@](/C=C/P(O)O)(CC)CC[C@H]1OC. The highest BCUT2D eigenvalue weighted by atomic mass is 31.2. The number of hydrogen-bond acceptors (Lipinski definition) is 6. The van der Waals surface area contributed by atoms with Gasteiger partial charge in [0.25, 0.3) is 0 Å². The molecule has 18 heavy (non-hydrogen) atoms. The summed E-state index contributed by atoms with van der Waals surface area (Å²) in [6, 6.07) is -0.466. The third kappa shape index (κ3) is 5.32. The van der Waals surface area contributed by atoms with Crippen LogP contribution in [0.5, 0.6) is 0 Å². The van der Waals surface area contributed by atoms with Crippen LogP contribution in [0.3, 0.4) is 0 Å². The molecular formula is C10H20BO6P. The summed E-state index contributed by atoms with van der Waals surface area (Å²) in [5, 5.41) is 12.0. The lowest BCUT2D eigenvalue weighted by Crippen LogP contribution is -2.46. The van der Waals surface area contributed by atoms with Crippen molar-refractivity contribution in [2.75, 3.05) is 7.11 Å². The van der Waals surface area contributed by atoms with E-state index in [1.54, 1.807) is 13.2 Å². The van der Waals surface area contributed by atoms with Crippen LogP contribution in [0, 0.1) is 0 Å². The van der Waals surface area contributed by atoms with Gasteiger partial charge in [-0.15, -0.1) is 0 Å². The van der Waals surface area contributed by atoms with Gasteiger partial charge in [-0.3, -0.25) is 10.5 Å². The summed E-state index contributed by atoms with van der Waals surface area (Å²) in [7, 11) is 5.44. The lowest BCUT2D eigenvalue weighted by molar-refractivity contribution is -0.176. The van der Waals surface area contributed by atoms with Gasteiger partial charge in [0.15, 0.2) is 8.38 Å². The van der Waals surface area contributed by atoms with Gasteiger partial charge in [-0.05, 0) is 31.2 Å². The topological polar surface area (TPSA) is 99.4 Å². The Morgan fingerprint density at radius 1 is 1.50 bits per heavy atom. The van der Waals surface area contributed by atoms with Gasteiger partial charge in [-0.2, -0.15) is 0 Å². The fraction of sp³-hybridized carbons (Fsp3) is 0.800. The van der Waals surface area contributed by atoms with Crippen LogP contribution >= 0.6 is 8.38 Å². The Morgan fingerprint density at radius 2 is 2.11 bits per heavy atom. The summed E-state index contributed by atoms with van der Waals surface area (Å²) >= 11 is 0. The minimum atomic E-state index is -2.02. The second kappa shape index (κ2) is 8.99. The maximum absolute atomic E-state index is 8.88. The van der Waals surface area contributed by atoms with E-state index in [1.807, 2.05) is 6.92 Å². The first-order valence-electron chi connectivity index (χ1n) is 5.55. The van der Waals surface area contributed by atoms with Gasteiger partial charge >= 0.3 is 0 Å². The molecule has 3 atom stereocenters. The van der Waals surface area contributed by atoms with Crippen molar-refractivity contribution in [3.8, 4) is 0 Å². The van der Waals surface area contributed by atoms with E-state index in [-0.39, 0.29) is 6.10 Å². The summed E-state index contributed by atoms with van der Waals surface area (Å²) in [4.78, 5) is 17.8. The largest absolute Gasteiger partial charge is 0.380 e. The molecule has 1 aliphatic rings. The summed E-state index contributed by atoms with van der Waals surface area (Å²) < 4.78 is 10.9. The van der Waals surface area contributed by atoms with Crippen molar-refractivity contribution < 1.29 is 29.8 Å². The fourth-order valence-electron chi connectivity index (χ4n) is 1.91. The van der Waals surface area contributed by atoms with Crippen LogP contribution in [0.1, 0.15) is 26.2 Å². The number of hydrogen-bond donors (Lipinski definition) is 4. The Hall–Kier alpha value is -0.00506. The number of methoxy groups -OCH3 is 1. The molecule has 1 heterocycles. The van der Waals surface area contributed by atoms with E-state index >= 15 is 0 Å². The standard InChI is InChI=1S/C10H18BO4P.H2O2/c1-3-10(6-7-16(12)13)5-4-8(14-2)9(11)15-10;1-2/h6-9,12-13H,3-5H2,1-2H3;1-2H/b7-6+;/t8-,9?,10+;/m1./s1. The Morgan fingerprint density at radius 3 is 2.50 bits per heavy atom. The van der Waals surface area contributed by atoms with Crippen molar-refractivity contribution in [2.45, 2.75) is 43.9 Å². The Bertz CT molecular complexity index is 253. The van der Waals surface area contributed by atoms with E-state index in [4.69, 9.17) is 37.6 Å². The lowest BCUT2D eigenvalue weighted by atomic mass is 9.81. The molecule has 0 spiro atoms. The zero-order valence-electron chi connectivity index (χ0n) is 10.6. The Labute approximate surface area is 109 Å². The van der Waals surface area contributed by atoms with Crippen LogP contribution in [-0.2, 0) is 9.47 Å². The first-order valence-corrected chi connectivity index (χ1v) is 6.87. The molecule has 1 aliphatic heterocycles. The van der Waals surface area contributed by atoms with Gasteiger partial charge in [0.2, 0.25) is 0 Å². The monoisotopic (exact) mass is 278 g/mol. The van der Waals surface area contributed by atoms with E-state index in [0.717, 1.165) is 19.3 Å². The molecule has 1 fully saturated rings. The van der Waals surface area contributed by atoms with Gasteiger partial charge < -0.3 is 19.3 Å². The summed E-state index contributed by atoms with van der Waals surface area (Å²) in [6.07, 6.45) is 3.96. The average molecular weight is 278 g/mol. The second-order valence-corrected chi connectivity index (χ2v) is 4.89. The third-order valence-electron chi connectivity index (χ3n) is 3.00. The molecule has 2 radical (unpaired) electrons. The molecule has 0 aliphatic carbocycles. The van der Waals surface area contributed by atoms with Crippen LogP contribution in [-0.4, -0.2) is 53.0 Å². The summed E-state index contributed by atoms with van der Waals surface area (Å²) in [5.41, 5.74) is -0.486. The molecule has 6 nitrogen and oxygen atoms in total. The molecule has 0 aromatic heterocycles. The van der Waals surface area contributed by atoms with Crippen molar-refractivity contribution in [3.63, 3.8) is 0 Å². The van der Waals surface area contributed by atoms with Crippen LogP contribution < -0.4 is 0 Å². The second-order valence-electron chi connectivity index (χ2n) is 3.95. The first kappa shape index (κ1) is 18.0. The number of ether oxygens (including phenoxy) is 2. The van der Waals surface area contributed by atoms with E-state index < -0.39 is 20.0 Å². The van der Waals surface area contributed by atoms with E-state index in [9.17, 15) is 0 Å². The first-order chi connectivity index (χ1) is 8.53. The maximum Gasteiger partial charge on any atom is 0.191 e. The molecule has 1 rings (SSSR count). The Balaban J connectivity index is 0.00000137. The van der Waals surface area contributed by atoms with Gasteiger partial charge in [0, 0.05) is 13.1 Å². The van der Waals surface area contributed by atoms with Crippen molar-refractivity contribution >= 4 is 16.2 Å². The molecule has 0 bridgehead atoms. The van der Waals surface area contributed by atoms with Crippen LogP contribution in [0.15, 0.2) is 11.9 Å². The number of rotatable bonds is 4. The molecule has 1 saturated heterocycles. The maximum atomic E-state index is 8.88. The normalized spacial score (nSPS) is 32.4. The Kier molecular flexibility index (Phi) is 8.98. The minimum Gasteiger partial charge on any atom is -0.380 e. The molecule has 0 saturated carbocycles. The van der Waals surface area contributed by atoms with Gasteiger partial charge in [0.05, 0.1) is 11.7 Å². The smallest absolute Gasteiger partial charge is 0.191 e. The van der Waals surface area contributed by atoms with E-state index in [0.29, 0.717) is 0 Å². The average Bonchev–Trinajstić information content (AvgIpc) is 2.39. The predicted molar refractivity (Wildman–Crippen MR) is 69.4 cm³/mol. The minimum absolute atomic E-state index is 0.0853. The van der Waals surface area contributed by atoms with Crippen LogP contribution in [0.2, 0.25) is 0 Å². The molecule has 0 amide bonds. The molecule has 4 N–H and O–H groups in total. The summed E-state index contributed by atoms with van der Waals surface area (Å²) in [6.45, 7) is 1.99. The molecule has 8 heteroatoms. The highest BCUT2D eigenvalue weighted by molar-refractivity contribution is 7.48. The third-order valence-corrected chi connectivity index (χ3v) is 3.42. The highest BCUT2D eigenvalue weighted by Gasteiger charge is 2.36. The lowest BCUT2D eigenvalue weighted by Gasteiger charge is -2.42. The van der Waals surface area contributed by atoms with Gasteiger partial charge in [-0.1, -0.05) is 6.92 Å². The fourth-order valence-corrected chi connectivity index (χ4v) is 2.32. The van der Waals surface area contributed by atoms with Gasteiger partial charge in [0.1, 0.15) is 7.85 Å². The molecule has 0 aromatic carbocycles. The van der Waals surface area contributed by atoms with Gasteiger partial charge in [-0.25, -0.2) is 0 Å². The summed E-state index contributed by atoms with van der Waals surface area (Å²) in [5.74, 6) is 1.37. The molecule has 104 valence electrons. The van der Waals surface area contributed by atoms with Crippen molar-refractivity contribution in [1.82, 2.24) is 0 Å².